The van der Waals surface area contributed by atoms with Gasteiger partial charge in [0.05, 0.1) is 18.3 Å². The van der Waals surface area contributed by atoms with Crippen molar-refractivity contribution in [2.75, 3.05) is 18.1 Å². The lowest BCUT2D eigenvalue weighted by Gasteiger charge is -2.21. The van der Waals surface area contributed by atoms with Gasteiger partial charge in [-0.1, -0.05) is 18.2 Å². The van der Waals surface area contributed by atoms with Gasteiger partial charge in [0.15, 0.2) is 0 Å². The lowest BCUT2D eigenvalue weighted by molar-refractivity contribution is -0.119. The average molecular weight is 399 g/mol. The molecule has 7 nitrogen and oxygen atoms in total. The summed E-state index contributed by atoms with van der Waals surface area (Å²) >= 11 is 1.13. The van der Waals surface area contributed by atoms with Gasteiger partial charge in [-0.05, 0) is 38.5 Å². The van der Waals surface area contributed by atoms with Crippen LogP contribution >= 0.6 is 11.3 Å². The molecule has 0 fully saturated rings. The largest absolute Gasteiger partial charge is 0.462 e. The third-order valence-electron chi connectivity index (χ3n) is 4.37. The maximum Gasteiger partial charge on any atom is 0.348 e. The van der Waals surface area contributed by atoms with Crippen molar-refractivity contribution in [2.45, 2.75) is 27.3 Å². The van der Waals surface area contributed by atoms with Crippen LogP contribution in [0.1, 0.15) is 29.1 Å². The van der Waals surface area contributed by atoms with Crippen LogP contribution in [0.5, 0.6) is 0 Å². The molecule has 0 saturated carbocycles. The normalized spacial score (nSPS) is 10.8. The van der Waals surface area contributed by atoms with Crippen LogP contribution in [0.4, 0.5) is 5.69 Å². The Morgan fingerprint density at radius 3 is 2.57 bits per heavy atom. The minimum atomic E-state index is -0.466. The van der Waals surface area contributed by atoms with Crippen LogP contribution in [0.25, 0.3) is 10.2 Å². The summed E-state index contributed by atoms with van der Waals surface area (Å²) < 4.78 is 6.32. The molecule has 0 aliphatic heterocycles. The molecule has 1 aromatic carbocycles. The number of thiophene rings is 1. The number of nitrogens with zero attached hydrogens (tertiary/aromatic N) is 3. The number of rotatable bonds is 6. The number of hydrogen-bond donors (Lipinski definition) is 0. The highest BCUT2D eigenvalue weighted by atomic mass is 32.1. The standard InChI is InChI=1S/C20H21N3O4S/c1-4-23(14-9-7-6-8-10-14)15(24)11-22-12-21-18-16(19(22)25)13(3)17(28-18)20(26)27-5-2/h6-10,12H,4-5,11H2,1-3H3. The third kappa shape index (κ3) is 3.68. The first-order chi connectivity index (χ1) is 13.5. The van der Waals surface area contributed by atoms with Crippen molar-refractivity contribution in [1.29, 1.82) is 0 Å². The van der Waals surface area contributed by atoms with Crippen LogP contribution in [-0.2, 0) is 16.1 Å². The van der Waals surface area contributed by atoms with Gasteiger partial charge < -0.3 is 9.64 Å². The van der Waals surface area contributed by atoms with Crippen molar-refractivity contribution >= 4 is 39.1 Å². The Labute approximate surface area is 166 Å². The lowest BCUT2D eigenvalue weighted by atomic mass is 10.2. The van der Waals surface area contributed by atoms with Gasteiger partial charge in [-0.2, -0.15) is 0 Å². The number of anilines is 1. The molecule has 2 aromatic heterocycles. The van der Waals surface area contributed by atoms with E-state index >= 15 is 0 Å². The van der Waals surface area contributed by atoms with Crippen molar-refractivity contribution in [3.63, 3.8) is 0 Å². The minimum absolute atomic E-state index is 0.130. The molecule has 0 aliphatic rings. The van der Waals surface area contributed by atoms with E-state index in [4.69, 9.17) is 4.74 Å². The highest BCUT2D eigenvalue weighted by Crippen LogP contribution is 2.27. The summed E-state index contributed by atoms with van der Waals surface area (Å²) in [6, 6.07) is 9.29. The molecular weight excluding hydrogens is 378 g/mol. The van der Waals surface area contributed by atoms with Crippen molar-refractivity contribution in [2.24, 2.45) is 0 Å². The number of aryl methyl sites for hydroxylation is 1. The Morgan fingerprint density at radius 1 is 1.21 bits per heavy atom. The molecule has 0 bridgehead atoms. The summed E-state index contributed by atoms with van der Waals surface area (Å²) in [5.41, 5.74) is 0.966. The second-order valence-corrected chi connectivity index (χ2v) is 7.11. The first-order valence-electron chi connectivity index (χ1n) is 8.99. The van der Waals surface area contributed by atoms with E-state index in [0.29, 0.717) is 27.2 Å². The monoisotopic (exact) mass is 399 g/mol. The third-order valence-corrected chi connectivity index (χ3v) is 5.55. The van der Waals surface area contributed by atoms with Gasteiger partial charge in [0, 0.05) is 12.2 Å². The molecule has 0 atom stereocenters. The van der Waals surface area contributed by atoms with E-state index < -0.39 is 5.97 Å². The molecular formula is C20H21N3O4S. The number of para-hydroxylation sites is 1. The van der Waals surface area contributed by atoms with E-state index in [2.05, 4.69) is 4.98 Å². The average Bonchev–Trinajstić information content (AvgIpc) is 3.03. The summed E-state index contributed by atoms with van der Waals surface area (Å²) in [4.78, 5) is 44.5. The molecule has 3 aromatic rings. The fraction of sp³-hybridized carbons (Fsp3) is 0.300. The van der Waals surface area contributed by atoms with Crippen LogP contribution in [0.15, 0.2) is 41.5 Å². The number of fused-ring (bicyclic) bond motifs is 1. The number of likely N-dealkylation sites (N-methyl/N-ethyl adjacent to an activating group) is 1. The Kier molecular flexibility index (Phi) is 5.89. The summed E-state index contributed by atoms with van der Waals surface area (Å²) in [6.07, 6.45) is 1.35. The number of benzene rings is 1. The molecule has 0 spiro atoms. The van der Waals surface area contributed by atoms with Gasteiger partial charge in [0.25, 0.3) is 5.56 Å². The first-order valence-corrected chi connectivity index (χ1v) is 9.80. The van der Waals surface area contributed by atoms with Gasteiger partial charge in [0.1, 0.15) is 16.3 Å². The van der Waals surface area contributed by atoms with Crippen LogP contribution in [0.3, 0.4) is 0 Å². The van der Waals surface area contributed by atoms with E-state index in [1.54, 1.807) is 18.7 Å². The summed E-state index contributed by atoms with van der Waals surface area (Å²) in [5, 5.41) is 0.353. The topological polar surface area (TPSA) is 81.5 Å². The number of hydrogen-bond acceptors (Lipinski definition) is 6. The zero-order chi connectivity index (χ0) is 20.3. The number of carbonyl (C=O) groups excluding carboxylic acids is 2. The molecule has 0 unspecified atom stereocenters. The molecule has 0 N–H and O–H groups in total. The summed E-state index contributed by atoms with van der Waals surface area (Å²) in [5.74, 6) is -0.679. The van der Waals surface area contributed by atoms with Crippen molar-refractivity contribution < 1.29 is 14.3 Å². The fourth-order valence-corrected chi connectivity index (χ4v) is 4.04. The van der Waals surface area contributed by atoms with E-state index in [1.165, 1.54) is 10.9 Å². The molecule has 146 valence electrons. The van der Waals surface area contributed by atoms with Crippen molar-refractivity contribution in [3.8, 4) is 0 Å². The summed E-state index contributed by atoms with van der Waals surface area (Å²) in [6.45, 7) is 5.91. The molecule has 1 amide bonds. The Balaban J connectivity index is 1.95. The van der Waals surface area contributed by atoms with E-state index in [-0.39, 0.29) is 24.6 Å². The molecule has 3 rings (SSSR count). The molecule has 0 radical (unpaired) electrons. The SMILES string of the molecule is CCOC(=O)c1sc2ncn(CC(=O)N(CC)c3ccccc3)c(=O)c2c1C. The number of aromatic nitrogens is 2. The Morgan fingerprint density at radius 2 is 1.93 bits per heavy atom. The maximum absolute atomic E-state index is 12.9. The predicted molar refractivity (Wildman–Crippen MR) is 109 cm³/mol. The number of esters is 1. The Hall–Kier alpha value is -3.00. The molecule has 0 aliphatic carbocycles. The van der Waals surface area contributed by atoms with Crippen LogP contribution in [0.2, 0.25) is 0 Å². The number of ether oxygens (including phenoxy) is 1. The number of amides is 1. The van der Waals surface area contributed by atoms with Crippen LogP contribution < -0.4 is 10.5 Å². The van der Waals surface area contributed by atoms with Crippen LogP contribution in [-0.4, -0.2) is 34.6 Å². The van der Waals surface area contributed by atoms with Gasteiger partial charge in [-0.15, -0.1) is 11.3 Å². The van der Waals surface area contributed by atoms with Crippen molar-refractivity contribution in [3.05, 3.63) is 57.5 Å². The first kappa shape index (κ1) is 19.8. The lowest BCUT2D eigenvalue weighted by Crippen LogP contribution is -2.36. The zero-order valence-electron chi connectivity index (χ0n) is 16.0. The highest BCUT2D eigenvalue weighted by Gasteiger charge is 2.21. The van der Waals surface area contributed by atoms with Crippen LogP contribution in [0, 0.1) is 6.92 Å². The van der Waals surface area contributed by atoms with E-state index in [1.807, 2.05) is 37.3 Å². The second kappa shape index (κ2) is 8.35. The van der Waals surface area contributed by atoms with Gasteiger partial charge in [-0.3, -0.25) is 14.2 Å². The van der Waals surface area contributed by atoms with E-state index in [0.717, 1.165) is 17.0 Å². The zero-order valence-corrected chi connectivity index (χ0v) is 16.8. The molecule has 8 heteroatoms. The molecule has 0 saturated heterocycles. The molecule has 2 heterocycles. The van der Waals surface area contributed by atoms with Gasteiger partial charge >= 0.3 is 5.97 Å². The Bertz CT molecular complexity index is 1070. The van der Waals surface area contributed by atoms with Gasteiger partial charge in [0.2, 0.25) is 5.91 Å². The quantitative estimate of drug-likeness (QED) is 0.595. The van der Waals surface area contributed by atoms with Crippen molar-refractivity contribution in [1.82, 2.24) is 9.55 Å². The van der Waals surface area contributed by atoms with Gasteiger partial charge in [-0.25, -0.2) is 9.78 Å². The minimum Gasteiger partial charge on any atom is -0.462 e. The maximum atomic E-state index is 12.9. The second-order valence-electron chi connectivity index (χ2n) is 6.11. The fourth-order valence-electron chi connectivity index (χ4n) is 3.01. The molecule has 28 heavy (non-hydrogen) atoms. The predicted octanol–water partition coefficient (Wildman–Crippen LogP) is 3.00. The smallest absolute Gasteiger partial charge is 0.348 e. The van der Waals surface area contributed by atoms with E-state index in [9.17, 15) is 14.4 Å². The summed E-state index contributed by atoms with van der Waals surface area (Å²) in [7, 11) is 0. The number of carbonyl (C=O) groups is 2. The highest BCUT2D eigenvalue weighted by molar-refractivity contribution is 7.20.